The number of methoxy groups -OCH3 is 1. The first-order valence-corrected chi connectivity index (χ1v) is 8.80. The Bertz CT molecular complexity index is 709. The Labute approximate surface area is 139 Å². The van der Waals surface area contributed by atoms with E-state index >= 15 is 0 Å². The number of ether oxygens (including phenoxy) is 1. The van der Waals surface area contributed by atoms with E-state index in [2.05, 4.69) is 54.3 Å². The molecule has 2 nitrogen and oxygen atoms in total. The van der Waals surface area contributed by atoms with Crippen molar-refractivity contribution in [2.75, 3.05) is 13.7 Å². The molecule has 0 spiro atoms. The first kappa shape index (κ1) is 14.8. The fourth-order valence-corrected chi connectivity index (χ4v) is 4.51. The SMILES string of the molecule is CCCN1Cc2ccccc2[C@@H]2c3cc(OC)ccc3CC[C@H]21. The zero-order valence-corrected chi connectivity index (χ0v) is 14.1. The number of aryl methyl sites for hydroxylation is 1. The van der Waals surface area contributed by atoms with Crippen LogP contribution in [0.5, 0.6) is 5.75 Å². The van der Waals surface area contributed by atoms with Crippen LogP contribution >= 0.6 is 0 Å². The van der Waals surface area contributed by atoms with Gasteiger partial charge in [-0.3, -0.25) is 4.90 Å². The number of nitrogens with zero attached hydrogens (tertiary/aromatic N) is 1. The van der Waals surface area contributed by atoms with Crippen molar-refractivity contribution in [1.82, 2.24) is 4.90 Å². The molecule has 0 radical (unpaired) electrons. The molecular weight excluding hydrogens is 282 g/mol. The van der Waals surface area contributed by atoms with Crippen LogP contribution in [0, 0.1) is 0 Å². The number of fused-ring (bicyclic) bond motifs is 5. The molecule has 0 saturated carbocycles. The van der Waals surface area contributed by atoms with E-state index in [0.717, 1.165) is 12.3 Å². The summed E-state index contributed by atoms with van der Waals surface area (Å²) < 4.78 is 5.51. The summed E-state index contributed by atoms with van der Waals surface area (Å²) in [6.07, 6.45) is 3.66. The van der Waals surface area contributed by atoms with E-state index in [1.807, 2.05) is 0 Å². The van der Waals surface area contributed by atoms with Crippen molar-refractivity contribution in [1.29, 1.82) is 0 Å². The van der Waals surface area contributed by atoms with Gasteiger partial charge in [0.15, 0.2) is 0 Å². The summed E-state index contributed by atoms with van der Waals surface area (Å²) in [5, 5.41) is 0. The van der Waals surface area contributed by atoms with Crippen LogP contribution in [0.1, 0.15) is 47.9 Å². The Balaban J connectivity index is 1.86. The number of hydrogen-bond acceptors (Lipinski definition) is 2. The van der Waals surface area contributed by atoms with Crippen LogP contribution in [0.25, 0.3) is 0 Å². The van der Waals surface area contributed by atoms with Gasteiger partial charge in [-0.2, -0.15) is 0 Å². The minimum atomic E-state index is 0.491. The van der Waals surface area contributed by atoms with E-state index in [0.29, 0.717) is 12.0 Å². The highest BCUT2D eigenvalue weighted by Crippen LogP contribution is 2.45. The second-order valence-corrected chi connectivity index (χ2v) is 6.82. The lowest BCUT2D eigenvalue weighted by atomic mass is 9.71. The summed E-state index contributed by atoms with van der Waals surface area (Å²) in [6, 6.07) is 16.3. The average molecular weight is 307 g/mol. The van der Waals surface area contributed by atoms with Crippen molar-refractivity contribution in [3.05, 3.63) is 64.7 Å². The molecule has 2 aliphatic rings. The molecule has 0 aromatic heterocycles. The second-order valence-electron chi connectivity index (χ2n) is 6.82. The molecule has 2 aromatic carbocycles. The number of hydrogen-bond donors (Lipinski definition) is 0. The van der Waals surface area contributed by atoms with Gasteiger partial charge in [0.2, 0.25) is 0 Å². The first-order valence-electron chi connectivity index (χ1n) is 8.80. The molecule has 0 bridgehead atoms. The quantitative estimate of drug-likeness (QED) is 0.835. The summed E-state index contributed by atoms with van der Waals surface area (Å²) in [4.78, 5) is 2.70. The van der Waals surface area contributed by atoms with Gasteiger partial charge in [0.25, 0.3) is 0 Å². The molecule has 1 heterocycles. The zero-order valence-electron chi connectivity index (χ0n) is 14.1. The van der Waals surface area contributed by atoms with E-state index < -0.39 is 0 Å². The first-order chi connectivity index (χ1) is 11.3. The normalized spacial score (nSPS) is 22.9. The Morgan fingerprint density at radius 3 is 2.78 bits per heavy atom. The summed E-state index contributed by atoms with van der Waals surface area (Å²) >= 11 is 0. The van der Waals surface area contributed by atoms with Gasteiger partial charge in [-0.15, -0.1) is 0 Å². The highest BCUT2D eigenvalue weighted by atomic mass is 16.5. The minimum absolute atomic E-state index is 0.491. The van der Waals surface area contributed by atoms with E-state index in [1.54, 1.807) is 7.11 Å². The molecule has 1 aliphatic heterocycles. The van der Waals surface area contributed by atoms with Gasteiger partial charge in [-0.05, 0) is 60.2 Å². The van der Waals surface area contributed by atoms with Gasteiger partial charge in [-0.1, -0.05) is 37.3 Å². The third-order valence-electron chi connectivity index (χ3n) is 5.53. The standard InChI is InChI=1S/C21H25NO/c1-3-12-22-14-16-6-4-5-7-18(16)21-19-13-17(23-2)10-8-15(19)9-11-20(21)22/h4-8,10,13,20-21H,3,9,11-12,14H2,1-2H3/t20-,21-/m1/s1. The molecule has 0 amide bonds. The highest BCUT2D eigenvalue weighted by molar-refractivity contribution is 5.49. The van der Waals surface area contributed by atoms with Gasteiger partial charge < -0.3 is 4.74 Å². The smallest absolute Gasteiger partial charge is 0.119 e. The molecule has 2 aromatic rings. The third-order valence-corrected chi connectivity index (χ3v) is 5.53. The van der Waals surface area contributed by atoms with Crippen molar-refractivity contribution in [3.63, 3.8) is 0 Å². The van der Waals surface area contributed by atoms with Crippen LogP contribution in [0.2, 0.25) is 0 Å². The summed E-state index contributed by atoms with van der Waals surface area (Å²) in [7, 11) is 1.76. The van der Waals surface area contributed by atoms with Crippen LogP contribution in [-0.4, -0.2) is 24.6 Å². The number of rotatable bonds is 3. The lowest BCUT2D eigenvalue weighted by Gasteiger charge is -2.46. The average Bonchev–Trinajstić information content (AvgIpc) is 2.61. The molecule has 23 heavy (non-hydrogen) atoms. The third kappa shape index (κ3) is 2.46. The molecule has 0 saturated heterocycles. The summed E-state index contributed by atoms with van der Waals surface area (Å²) in [5.41, 5.74) is 6.01. The van der Waals surface area contributed by atoms with Crippen molar-refractivity contribution in [2.24, 2.45) is 0 Å². The van der Waals surface area contributed by atoms with E-state index in [4.69, 9.17) is 4.74 Å². The van der Waals surface area contributed by atoms with Gasteiger partial charge in [0.05, 0.1) is 7.11 Å². The number of benzene rings is 2. The highest BCUT2D eigenvalue weighted by Gasteiger charge is 2.38. The minimum Gasteiger partial charge on any atom is -0.497 e. The molecule has 120 valence electrons. The molecule has 2 atom stereocenters. The Kier molecular flexibility index (Phi) is 3.86. The summed E-state index contributed by atoms with van der Waals surface area (Å²) in [5.74, 6) is 1.47. The fraction of sp³-hybridized carbons (Fsp3) is 0.429. The maximum absolute atomic E-state index is 5.51. The molecular formula is C21H25NO. The van der Waals surface area contributed by atoms with Crippen LogP contribution < -0.4 is 4.74 Å². The molecule has 1 aliphatic carbocycles. The van der Waals surface area contributed by atoms with Crippen LogP contribution in [0.15, 0.2) is 42.5 Å². The topological polar surface area (TPSA) is 12.5 Å². The lowest BCUT2D eigenvalue weighted by Crippen LogP contribution is -2.46. The Morgan fingerprint density at radius 2 is 1.96 bits per heavy atom. The predicted octanol–water partition coefficient (Wildman–Crippen LogP) is 4.37. The molecule has 0 N–H and O–H groups in total. The van der Waals surface area contributed by atoms with Crippen LogP contribution in [0.3, 0.4) is 0 Å². The monoisotopic (exact) mass is 307 g/mol. The molecule has 0 fully saturated rings. The van der Waals surface area contributed by atoms with Crippen LogP contribution in [-0.2, 0) is 13.0 Å². The van der Waals surface area contributed by atoms with Gasteiger partial charge in [0.1, 0.15) is 5.75 Å². The second kappa shape index (κ2) is 6.01. The maximum atomic E-state index is 5.51. The van der Waals surface area contributed by atoms with E-state index in [1.165, 1.54) is 48.1 Å². The Morgan fingerprint density at radius 1 is 1.09 bits per heavy atom. The van der Waals surface area contributed by atoms with Crippen molar-refractivity contribution >= 4 is 0 Å². The van der Waals surface area contributed by atoms with Crippen LogP contribution in [0.4, 0.5) is 0 Å². The zero-order chi connectivity index (χ0) is 15.8. The maximum Gasteiger partial charge on any atom is 0.119 e. The molecule has 2 heteroatoms. The van der Waals surface area contributed by atoms with Crippen molar-refractivity contribution in [2.45, 2.75) is 44.7 Å². The fourth-order valence-electron chi connectivity index (χ4n) is 4.51. The molecule has 4 rings (SSSR count). The summed E-state index contributed by atoms with van der Waals surface area (Å²) in [6.45, 7) is 4.58. The lowest BCUT2D eigenvalue weighted by molar-refractivity contribution is 0.141. The van der Waals surface area contributed by atoms with Gasteiger partial charge >= 0.3 is 0 Å². The van der Waals surface area contributed by atoms with E-state index in [9.17, 15) is 0 Å². The largest absolute Gasteiger partial charge is 0.497 e. The van der Waals surface area contributed by atoms with Crippen molar-refractivity contribution < 1.29 is 4.74 Å². The van der Waals surface area contributed by atoms with Gasteiger partial charge in [-0.25, -0.2) is 0 Å². The van der Waals surface area contributed by atoms with Crippen molar-refractivity contribution in [3.8, 4) is 5.75 Å². The predicted molar refractivity (Wildman–Crippen MR) is 94.1 cm³/mol. The van der Waals surface area contributed by atoms with E-state index in [-0.39, 0.29) is 0 Å². The molecule has 0 unspecified atom stereocenters. The Hall–Kier alpha value is -1.80. The van der Waals surface area contributed by atoms with Gasteiger partial charge in [0, 0.05) is 18.5 Å².